The number of carbonyl (C=O) groups is 1. The molecule has 0 unspecified atom stereocenters. The summed E-state index contributed by atoms with van der Waals surface area (Å²) in [5.41, 5.74) is 1.44. The maximum atomic E-state index is 12.7. The van der Waals surface area contributed by atoms with Crippen LogP contribution < -0.4 is 5.32 Å². The Morgan fingerprint density at radius 3 is 2.28 bits per heavy atom. The van der Waals surface area contributed by atoms with Crippen LogP contribution in [0.5, 0.6) is 0 Å². The van der Waals surface area contributed by atoms with E-state index < -0.39 is 0 Å². The van der Waals surface area contributed by atoms with Crippen molar-refractivity contribution in [2.75, 3.05) is 0 Å². The Labute approximate surface area is 110 Å². The molecule has 1 amide bonds. The van der Waals surface area contributed by atoms with Gasteiger partial charge in [-0.1, -0.05) is 12.1 Å². The van der Waals surface area contributed by atoms with Crippen molar-refractivity contribution in [3.8, 4) is 0 Å². The third-order valence-electron chi connectivity index (χ3n) is 2.50. The highest BCUT2D eigenvalue weighted by Gasteiger charge is 2.04. The Hall–Kier alpha value is -1.81. The molecule has 0 fully saturated rings. The van der Waals surface area contributed by atoms with Gasteiger partial charge in [0.15, 0.2) is 0 Å². The highest BCUT2D eigenvalue weighted by molar-refractivity contribution is 7.80. The fourth-order valence-corrected chi connectivity index (χ4v) is 1.65. The molecule has 2 aromatic carbocycles. The van der Waals surface area contributed by atoms with Crippen molar-refractivity contribution in [3.05, 3.63) is 65.5 Å². The maximum absolute atomic E-state index is 12.7. The van der Waals surface area contributed by atoms with Crippen LogP contribution in [0, 0.1) is 5.82 Å². The Balaban J connectivity index is 1.96. The maximum Gasteiger partial charge on any atom is 0.251 e. The molecule has 92 valence electrons. The summed E-state index contributed by atoms with van der Waals surface area (Å²) in [6.45, 7) is 0.377. The second-order valence-corrected chi connectivity index (χ2v) is 4.37. The van der Waals surface area contributed by atoms with Gasteiger partial charge >= 0.3 is 0 Å². The molecule has 0 aromatic heterocycles. The molecule has 0 atom stereocenters. The summed E-state index contributed by atoms with van der Waals surface area (Å²) in [4.78, 5) is 12.6. The Morgan fingerprint density at radius 1 is 1.06 bits per heavy atom. The number of rotatable bonds is 3. The molecule has 0 aliphatic carbocycles. The van der Waals surface area contributed by atoms with Crippen LogP contribution in [0.2, 0.25) is 0 Å². The number of carbonyl (C=O) groups excluding carboxylic acids is 1. The first kappa shape index (κ1) is 12.6. The molecule has 0 saturated heterocycles. The highest BCUT2D eigenvalue weighted by Crippen LogP contribution is 2.08. The van der Waals surface area contributed by atoms with E-state index in [0.717, 1.165) is 10.5 Å². The fraction of sp³-hybridized carbons (Fsp3) is 0.0714. The van der Waals surface area contributed by atoms with Crippen molar-refractivity contribution in [1.82, 2.24) is 5.32 Å². The van der Waals surface area contributed by atoms with Crippen molar-refractivity contribution in [2.45, 2.75) is 11.4 Å². The van der Waals surface area contributed by atoms with Gasteiger partial charge < -0.3 is 5.32 Å². The van der Waals surface area contributed by atoms with Gasteiger partial charge in [-0.3, -0.25) is 4.79 Å². The predicted octanol–water partition coefficient (Wildman–Crippen LogP) is 3.04. The third-order valence-corrected chi connectivity index (χ3v) is 2.79. The van der Waals surface area contributed by atoms with E-state index in [9.17, 15) is 9.18 Å². The zero-order chi connectivity index (χ0) is 13.0. The average molecular weight is 261 g/mol. The molecule has 2 aromatic rings. The Kier molecular flexibility index (Phi) is 3.99. The topological polar surface area (TPSA) is 29.1 Å². The van der Waals surface area contributed by atoms with Crippen LogP contribution in [0.1, 0.15) is 15.9 Å². The van der Waals surface area contributed by atoms with E-state index in [4.69, 9.17) is 0 Å². The average Bonchev–Trinajstić information content (AvgIpc) is 2.38. The Morgan fingerprint density at radius 2 is 1.67 bits per heavy atom. The lowest BCUT2D eigenvalue weighted by atomic mass is 10.2. The summed E-state index contributed by atoms with van der Waals surface area (Å²) in [5.74, 6) is -0.442. The van der Waals surface area contributed by atoms with Gasteiger partial charge in [0.25, 0.3) is 5.91 Å². The molecular weight excluding hydrogens is 249 g/mol. The minimum absolute atomic E-state index is 0.160. The summed E-state index contributed by atoms with van der Waals surface area (Å²) in [6, 6.07) is 13.0. The van der Waals surface area contributed by atoms with E-state index >= 15 is 0 Å². The van der Waals surface area contributed by atoms with Gasteiger partial charge in [0.05, 0.1) is 0 Å². The van der Waals surface area contributed by atoms with Gasteiger partial charge in [0, 0.05) is 17.0 Å². The van der Waals surface area contributed by atoms with E-state index in [0.29, 0.717) is 12.1 Å². The van der Waals surface area contributed by atoms with Crippen LogP contribution in [0.25, 0.3) is 0 Å². The quantitative estimate of drug-likeness (QED) is 0.817. The number of hydrogen-bond acceptors (Lipinski definition) is 2. The van der Waals surface area contributed by atoms with E-state index in [2.05, 4.69) is 17.9 Å². The number of nitrogens with one attached hydrogen (secondary N) is 1. The summed E-state index contributed by atoms with van der Waals surface area (Å²) in [5, 5.41) is 2.77. The van der Waals surface area contributed by atoms with Crippen molar-refractivity contribution in [3.63, 3.8) is 0 Å². The van der Waals surface area contributed by atoms with Gasteiger partial charge in [0.2, 0.25) is 0 Å². The van der Waals surface area contributed by atoms with Gasteiger partial charge in [-0.15, -0.1) is 12.6 Å². The van der Waals surface area contributed by atoms with E-state index in [1.165, 1.54) is 12.1 Å². The molecule has 0 radical (unpaired) electrons. The van der Waals surface area contributed by atoms with Crippen LogP contribution in [-0.2, 0) is 6.54 Å². The summed E-state index contributed by atoms with van der Waals surface area (Å²) < 4.78 is 12.7. The minimum Gasteiger partial charge on any atom is -0.348 e. The van der Waals surface area contributed by atoms with E-state index in [1.807, 2.05) is 0 Å². The van der Waals surface area contributed by atoms with Gasteiger partial charge in [-0.05, 0) is 42.0 Å². The molecule has 0 aliphatic heterocycles. The number of halogens is 1. The molecule has 2 rings (SSSR count). The second-order valence-electron chi connectivity index (χ2n) is 3.86. The summed E-state index contributed by atoms with van der Waals surface area (Å²) in [7, 11) is 0. The van der Waals surface area contributed by atoms with Gasteiger partial charge in [0.1, 0.15) is 5.82 Å². The fourth-order valence-electron chi connectivity index (χ4n) is 1.50. The number of hydrogen-bond donors (Lipinski definition) is 2. The smallest absolute Gasteiger partial charge is 0.251 e. The first-order valence-electron chi connectivity index (χ1n) is 5.47. The number of benzene rings is 2. The SMILES string of the molecule is O=C(NCc1ccc(F)cc1)c1ccc(S)cc1. The molecule has 0 aliphatic rings. The molecule has 0 bridgehead atoms. The minimum atomic E-state index is -0.283. The summed E-state index contributed by atoms with van der Waals surface area (Å²) >= 11 is 4.15. The molecule has 0 heterocycles. The standard InChI is InChI=1S/C14H12FNOS/c15-12-5-1-10(2-6-12)9-16-14(17)11-3-7-13(18)8-4-11/h1-8,18H,9H2,(H,16,17). The van der Waals surface area contributed by atoms with Crippen LogP contribution in [0.4, 0.5) is 4.39 Å². The summed E-state index contributed by atoms with van der Waals surface area (Å²) in [6.07, 6.45) is 0. The van der Waals surface area contributed by atoms with Crippen LogP contribution in [-0.4, -0.2) is 5.91 Å². The normalized spacial score (nSPS) is 10.1. The monoisotopic (exact) mass is 261 g/mol. The van der Waals surface area contributed by atoms with E-state index in [1.54, 1.807) is 36.4 Å². The first-order valence-corrected chi connectivity index (χ1v) is 5.91. The van der Waals surface area contributed by atoms with Crippen molar-refractivity contribution in [2.24, 2.45) is 0 Å². The molecular formula is C14H12FNOS. The van der Waals surface area contributed by atoms with E-state index in [-0.39, 0.29) is 11.7 Å². The molecule has 0 saturated carbocycles. The second kappa shape index (κ2) is 5.69. The molecule has 2 nitrogen and oxygen atoms in total. The zero-order valence-electron chi connectivity index (χ0n) is 9.56. The third kappa shape index (κ3) is 3.34. The molecule has 4 heteroatoms. The van der Waals surface area contributed by atoms with Crippen molar-refractivity contribution >= 4 is 18.5 Å². The van der Waals surface area contributed by atoms with Crippen LogP contribution in [0.15, 0.2) is 53.4 Å². The number of amides is 1. The zero-order valence-corrected chi connectivity index (χ0v) is 10.5. The lowest BCUT2D eigenvalue weighted by Gasteiger charge is -2.05. The largest absolute Gasteiger partial charge is 0.348 e. The Bertz CT molecular complexity index is 537. The lowest BCUT2D eigenvalue weighted by Crippen LogP contribution is -2.22. The van der Waals surface area contributed by atoms with Crippen LogP contribution in [0.3, 0.4) is 0 Å². The lowest BCUT2D eigenvalue weighted by molar-refractivity contribution is 0.0951. The molecule has 0 spiro atoms. The first-order chi connectivity index (χ1) is 8.65. The van der Waals surface area contributed by atoms with Crippen molar-refractivity contribution in [1.29, 1.82) is 0 Å². The number of thiol groups is 1. The van der Waals surface area contributed by atoms with Gasteiger partial charge in [-0.25, -0.2) is 4.39 Å². The molecule has 18 heavy (non-hydrogen) atoms. The molecule has 1 N–H and O–H groups in total. The highest BCUT2D eigenvalue weighted by atomic mass is 32.1. The van der Waals surface area contributed by atoms with Crippen LogP contribution >= 0.6 is 12.6 Å². The van der Waals surface area contributed by atoms with Crippen molar-refractivity contribution < 1.29 is 9.18 Å². The van der Waals surface area contributed by atoms with Gasteiger partial charge in [-0.2, -0.15) is 0 Å². The predicted molar refractivity (Wildman–Crippen MR) is 71.3 cm³/mol.